The molecule has 0 unspecified atom stereocenters. The highest BCUT2D eigenvalue weighted by atomic mass is 32.2. The van der Waals surface area contributed by atoms with Crippen molar-refractivity contribution < 1.29 is 17.6 Å². The molecule has 0 aliphatic heterocycles. The van der Waals surface area contributed by atoms with Crippen LogP contribution in [0.25, 0.3) is 0 Å². The van der Waals surface area contributed by atoms with Gasteiger partial charge in [0.25, 0.3) is 5.91 Å². The minimum Gasteiger partial charge on any atom is -0.352 e. The van der Waals surface area contributed by atoms with Crippen LogP contribution < -0.4 is 9.62 Å². The first-order valence-corrected chi connectivity index (χ1v) is 12.3. The second-order valence-corrected chi connectivity index (χ2v) is 9.53. The normalized spacial score (nSPS) is 11.2. The van der Waals surface area contributed by atoms with E-state index in [2.05, 4.69) is 5.32 Å². The molecular weight excluding hydrogens is 427 g/mol. The molecule has 0 saturated carbocycles. The highest BCUT2D eigenvalue weighted by molar-refractivity contribution is 7.92. The lowest BCUT2D eigenvalue weighted by atomic mass is 10.1. The van der Waals surface area contributed by atoms with Crippen LogP contribution in [0.1, 0.15) is 34.0 Å². The minimum atomic E-state index is -3.47. The molecule has 0 aliphatic carbocycles. The van der Waals surface area contributed by atoms with Gasteiger partial charge in [-0.2, -0.15) is 0 Å². The average Bonchev–Trinajstić information content (AvgIpc) is 2.78. The lowest BCUT2D eigenvalue weighted by molar-refractivity contribution is 0.0954. The molecule has 3 aromatic carbocycles. The summed E-state index contributed by atoms with van der Waals surface area (Å²) in [5.74, 6) is -0.501. The van der Waals surface area contributed by atoms with E-state index in [4.69, 9.17) is 0 Å². The van der Waals surface area contributed by atoms with E-state index >= 15 is 0 Å². The topological polar surface area (TPSA) is 66.5 Å². The van der Waals surface area contributed by atoms with Gasteiger partial charge in [0, 0.05) is 12.1 Å². The van der Waals surface area contributed by atoms with Crippen LogP contribution in [-0.2, 0) is 29.4 Å². The van der Waals surface area contributed by atoms with Crippen molar-refractivity contribution >= 4 is 21.6 Å². The molecule has 0 aromatic heterocycles. The van der Waals surface area contributed by atoms with Crippen LogP contribution in [0.5, 0.6) is 0 Å². The van der Waals surface area contributed by atoms with Crippen molar-refractivity contribution in [3.8, 4) is 0 Å². The van der Waals surface area contributed by atoms with Crippen molar-refractivity contribution in [2.45, 2.75) is 26.3 Å². The number of aryl methyl sites for hydroxylation is 1. The van der Waals surface area contributed by atoms with E-state index in [-0.39, 0.29) is 18.3 Å². The summed E-state index contributed by atoms with van der Waals surface area (Å²) >= 11 is 0. The van der Waals surface area contributed by atoms with E-state index in [0.29, 0.717) is 24.2 Å². The minimum absolute atomic E-state index is 0.177. The first-order valence-electron chi connectivity index (χ1n) is 10.4. The third-order valence-electron chi connectivity index (χ3n) is 5.19. The number of nitrogens with zero attached hydrogens (tertiary/aromatic N) is 1. The van der Waals surface area contributed by atoms with Gasteiger partial charge in [-0.1, -0.05) is 43.3 Å². The van der Waals surface area contributed by atoms with E-state index in [9.17, 15) is 17.6 Å². The number of hydrogen-bond donors (Lipinski definition) is 1. The summed E-state index contributed by atoms with van der Waals surface area (Å²) in [5.41, 5.74) is 3.95. The number of carbonyl (C=O) groups excluding carboxylic acids is 1. The smallest absolute Gasteiger partial charge is 0.251 e. The Labute approximate surface area is 188 Å². The summed E-state index contributed by atoms with van der Waals surface area (Å²) in [6.07, 6.45) is 2.67. The summed E-state index contributed by atoms with van der Waals surface area (Å²) in [5, 5.41) is 2.84. The average molecular weight is 455 g/mol. The van der Waals surface area contributed by atoms with Gasteiger partial charge in [0.05, 0.1) is 18.5 Å². The molecule has 0 heterocycles. The van der Waals surface area contributed by atoms with Crippen LogP contribution in [-0.4, -0.2) is 27.1 Å². The third kappa shape index (κ3) is 6.40. The monoisotopic (exact) mass is 454 g/mol. The Morgan fingerprint density at radius 3 is 2.00 bits per heavy atom. The van der Waals surface area contributed by atoms with Gasteiger partial charge in [-0.15, -0.1) is 0 Å². The number of benzene rings is 3. The Morgan fingerprint density at radius 1 is 0.875 bits per heavy atom. The van der Waals surface area contributed by atoms with Gasteiger partial charge in [-0.25, -0.2) is 12.8 Å². The van der Waals surface area contributed by atoms with Gasteiger partial charge in [0.15, 0.2) is 0 Å². The Balaban J connectivity index is 1.62. The maximum Gasteiger partial charge on any atom is 0.251 e. The van der Waals surface area contributed by atoms with Gasteiger partial charge in [0.1, 0.15) is 5.82 Å². The number of sulfonamides is 1. The van der Waals surface area contributed by atoms with Gasteiger partial charge in [-0.3, -0.25) is 9.10 Å². The number of anilines is 1. The zero-order chi connectivity index (χ0) is 23.1. The maximum absolute atomic E-state index is 13.0. The molecule has 0 saturated heterocycles. The zero-order valence-electron chi connectivity index (χ0n) is 18.2. The third-order valence-corrected chi connectivity index (χ3v) is 6.33. The Hall–Kier alpha value is -3.19. The van der Waals surface area contributed by atoms with Crippen molar-refractivity contribution in [3.63, 3.8) is 0 Å². The van der Waals surface area contributed by atoms with Crippen LogP contribution in [0.2, 0.25) is 0 Å². The molecule has 1 N–H and O–H groups in total. The first kappa shape index (κ1) is 23.5. The number of rotatable bonds is 9. The molecule has 3 rings (SSSR count). The van der Waals surface area contributed by atoms with Gasteiger partial charge < -0.3 is 5.32 Å². The maximum atomic E-state index is 13.0. The fourth-order valence-electron chi connectivity index (χ4n) is 3.30. The molecule has 32 heavy (non-hydrogen) atoms. The molecule has 168 valence electrons. The molecule has 0 spiro atoms. The fraction of sp³-hybridized carbons (Fsp3) is 0.240. The molecule has 3 aromatic rings. The quantitative estimate of drug-likeness (QED) is 0.523. The highest BCUT2D eigenvalue weighted by Gasteiger charge is 2.18. The number of nitrogens with one attached hydrogen (secondary N) is 1. The standard InChI is InChI=1S/C25H27FN2O3S/c1-3-19-8-14-24(15-9-19)28(32(2,30)31)18-21-4-10-22(11-5-21)25(29)27-17-16-20-6-12-23(26)13-7-20/h4-15H,3,16-18H2,1-2H3,(H,27,29). The summed E-state index contributed by atoms with van der Waals surface area (Å²) in [6, 6.07) is 20.5. The molecule has 0 radical (unpaired) electrons. The number of carbonyl (C=O) groups is 1. The van der Waals surface area contributed by atoms with Crippen LogP contribution in [0, 0.1) is 5.82 Å². The predicted octanol–water partition coefficient (Wildman–Crippen LogP) is 4.33. The second kappa shape index (κ2) is 10.4. The molecule has 0 fully saturated rings. The van der Waals surface area contributed by atoms with Crippen molar-refractivity contribution in [2.24, 2.45) is 0 Å². The van der Waals surface area contributed by atoms with E-state index < -0.39 is 10.0 Å². The Bertz CT molecular complexity index is 1140. The Kier molecular flexibility index (Phi) is 7.64. The van der Waals surface area contributed by atoms with Gasteiger partial charge in [0.2, 0.25) is 10.0 Å². The number of halogens is 1. The Morgan fingerprint density at radius 2 is 1.44 bits per heavy atom. The molecule has 0 bridgehead atoms. The molecule has 5 nitrogen and oxygen atoms in total. The summed E-state index contributed by atoms with van der Waals surface area (Å²) in [6.45, 7) is 2.66. The highest BCUT2D eigenvalue weighted by Crippen LogP contribution is 2.21. The fourth-order valence-corrected chi connectivity index (χ4v) is 4.19. The molecule has 1 amide bonds. The zero-order valence-corrected chi connectivity index (χ0v) is 19.0. The first-order chi connectivity index (χ1) is 15.3. The van der Waals surface area contributed by atoms with E-state index in [1.54, 1.807) is 36.4 Å². The largest absolute Gasteiger partial charge is 0.352 e. The number of amides is 1. The van der Waals surface area contributed by atoms with Crippen LogP contribution >= 0.6 is 0 Å². The summed E-state index contributed by atoms with van der Waals surface area (Å²) in [7, 11) is -3.47. The van der Waals surface area contributed by atoms with Crippen LogP contribution in [0.4, 0.5) is 10.1 Å². The summed E-state index contributed by atoms with van der Waals surface area (Å²) in [4.78, 5) is 12.4. The second-order valence-electron chi connectivity index (χ2n) is 7.62. The van der Waals surface area contributed by atoms with Crippen molar-refractivity contribution in [2.75, 3.05) is 17.1 Å². The number of hydrogen-bond acceptors (Lipinski definition) is 3. The van der Waals surface area contributed by atoms with Crippen molar-refractivity contribution in [1.29, 1.82) is 0 Å². The van der Waals surface area contributed by atoms with Gasteiger partial charge in [-0.05, 0) is 65.9 Å². The van der Waals surface area contributed by atoms with E-state index in [1.807, 2.05) is 31.2 Å². The lowest BCUT2D eigenvalue weighted by Gasteiger charge is -2.23. The molecule has 0 aliphatic rings. The SMILES string of the molecule is CCc1ccc(N(Cc2ccc(C(=O)NCCc3ccc(F)cc3)cc2)S(C)(=O)=O)cc1. The van der Waals surface area contributed by atoms with Gasteiger partial charge >= 0.3 is 0 Å². The summed E-state index contributed by atoms with van der Waals surface area (Å²) < 4.78 is 39.0. The van der Waals surface area contributed by atoms with Crippen molar-refractivity contribution in [1.82, 2.24) is 5.32 Å². The predicted molar refractivity (Wildman–Crippen MR) is 126 cm³/mol. The van der Waals surface area contributed by atoms with E-state index in [1.165, 1.54) is 22.7 Å². The van der Waals surface area contributed by atoms with E-state index in [0.717, 1.165) is 23.1 Å². The van der Waals surface area contributed by atoms with Crippen LogP contribution in [0.3, 0.4) is 0 Å². The lowest BCUT2D eigenvalue weighted by Crippen LogP contribution is -2.29. The molecule has 7 heteroatoms. The van der Waals surface area contributed by atoms with Crippen LogP contribution in [0.15, 0.2) is 72.8 Å². The molecule has 0 atom stereocenters. The molecular formula is C25H27FN2O3S. The van der Waals surface area contributed by atoms with Crippen molar-refractivity contribution in [3.05, 3.63) is 101 Å².